The molecule has 2 N–H and O–H groups in total. The minimum Gasteiger partial charge on any atom is -0.481 e. The number of fused-ring (bicyclic) bond motifs is 1. The Bertz CT molecular complexity index is 1390. The van der Waals surface area contributed by atoms with E-state index >= 15 is 0 Å². The molecule has 1 aromatic carbocycles. The lowest BCUT2D eigenvalue weighted by atomic mass is 10.1. The zero-order valence-electron chi connectivity index (χ0n) is 16.9. The molecule has 166 valence electrons. The number of rotatable bonds is 5. The number of ether oxygens (including phenoxy) is 1. The number of carboxylic acids is 1. The van der Waals surface area contributed by atoms with Gasteiger partial charge in [-0.1, -0.05) is 47.1 Å². The number of halogens is 1. The Morgan fingerprint density at radius 2 is 1.94 bits per heavy atom. The van der Waals surface area contributed by atoms with E-state index in [0.717, 1.165) is 24.7 Å². The molecule has 3 heterocycles. The summed E-state index contributed by atoms with van der Waals surface area (Å²) in [5.41, 5.74) is 0.280. The predicted molar refractivity (Wildman–Crippen MR) is 126 cm³/mol. The van der Waals surface area contributed by atoms with Crippen LogP contribution in [0.15, 0.2) is 47.0 Å². The molecule has 10 heteroatoms. The number of nitrogens with zero attached hydrogens (tertiary/aromatic N) is 1. The Labute approximate surface area is 200 Å². The first-order chi connectivity index (χ1) is 15.9. The van der Waals surface area contributed by atoms with Crippen LogP contribution in [0.4, 0.5) is 10.5 Å². The summed E-state index contributed by atoms with van der Waals surface area (Å²) in [5, 5.41) is 15.6. The van der Waals surface area contributed by atoms with Crippen LogP contribution >= 0.6 is 34.3 Å². The van der Waals surface area contributed by atoms with Crippen molar-refractivity contribution < 1.29 is 24.0 Å². The number of carboxylic acid groups (broad SMARTS) is 1. The number of aromatic nitrogens is 1. The maximum atomic E-state index is 12.2. The van der Waals surface area contributed by atoms with E-state index in [1.807, 2.05) is 42.5 Å². The highest BCUT2D eigenvalue weighted by molar-refractivity contribution is 7.28. The Morgan fingerprint density at radius 3 is 2.64 bits per heavy atom. The van der Waals surface area contributed by atoms with Crippen LogP contribution in [-0.2, 0) is 21.6 Å². The van der Waals surface area contributed by atoms with Crippen molar-refractivity contribution in [1.29, 1.82) is 0 Å². The van der Waals surface area contributed by atoms with Gasteiger partial charge in [-0.3, -0.25) is 10.1 Å². The van der Waals surface area contributed by atoms with Gasteiger partial charge in [0, 0.05) is 14.3 Å². The topological polar surface area (TPSA) is 102 Å². The summed E-state index contributed by atoms with van der Waals surface area (Å²) in [7, 11) is 0. The highest BCUT2D eigenvalue weighted by Crippen LogP contribution is 2.52. The monoisotopic (exact) mass is 498 g/mol. The molecule has 7 nitrogen and oxygen atoms in total. The van der Waals surface area contributed by atoms with Gasteiger partial charge in [0.05, 0.1) is 4.88 Å². The second kappa shape index (κ2) is 8.56. The van der Waals surface area contributed by atoms with E-state index in [1.54, 1.807) is 0 Å². The number of hydrogen-bond acceptors (Lipinski definition) is 7. The number of carbonyl (C=O) groups excluding carboxylic acids is 1. The molecule has 1 saturated carbocycles. The van der Waals surface area contributed by atoms with Crippen molar-refractivity contribution >= 4 is 61.4 Å². The van der Waals surface area contributed by atoms with Gasteiger partial charge < -0.3 is 14.4 Å². The minimum absolute atomic E-state index is 0.0313. The van der Waals surface area contributed by atoms with Crippen LogP contribution in [0, 0.1) is 11.8 Å². The molecule has 1 aliphatic carbocycles. The molecule has 0 radical (unpaired) electrons. The third kappa shape index (κ3) is 4.33. The first-order valence-electron chi connectivity index (χ1n) is 9.87. The van der Waals surface area contributed by atoms with Crippen molar-refractivity contribution in [3.8, 4) is 11.8 Å². The number of carbonyl (C=O) groups is 2. The fourth-order valence-electron chi connectivity index (χ4n) is 3.27. The molecule has 0 aliphatic heterocycles. The molecule has 1 fully saturated rings. The number of anilines is 1. The number of aliphatic carboxylic acids is 1. The smallest absolute Gasteiger partial charge is 0.412 e. The van der Waals surface area contributed by atoms with E-state index in [-0.39, 0.29) is 23.2 Å². The molecule has 3 aromatic heterocycles. The number of benzene rings is 1. The van der Waals surface area contributed by atoms with E-state index in [9.17, 15) is 14.7 Å². The van der Waals surface area contributed by atoms with Crippen LogP contribution in [0.3, 0.4) is 0 Å². The first-order valence-corrected chi connectivity index (χ1v) is 11.9. The molecule has 5 rings (SSSR count). The SMILES string of the molecule is O=C(Nc1c(Cl)noc1C#Cc1cc2sc(C3(C(=O)O)CC3)cc2s1)OCc1ccccc1. The van der Waals surface area contributed by atoms with Crippen molar-refractivity contribution in [1.82, 2.24) is 5.16 Å². The molecule has 0 unspecified atom stereocenters. The zero-order valence-corrected chi connectivity index (χ0v) is 19.3. The maximum Gasteiger partial charge on any atom is 0.412 e. The summed E-state index contributed by atoms with van der Waals surface area (Å²) in [6.07, 6.45) is 0.653. The van der Waals surface area contributed by atoms with E-state index in [1.165, 1.54) is 22.7 Å². The third-order valence-corrected chi connectivity index (χ3v) is 7.90. The van der Waals surface area contributed by atoms with Crippen LogP contribution in [-0.4, -0.2) is 22.3 Å². The molecular formula is C23H15ClN2O5S2. The van der Waals surface area contributed by atoms with Crippen LogP contribution in [0.1, 0.15) is 33.9 Å². The first kappa shape index (κ1) is 21.5. The van der Waals surface area contributed by atoms with Gasteiger partial charge >= 0.3 is 12.1 Å². The van der Waals surface area contributed by atoms with Crippen LogP contribution in [0.25, 0.3) is 9.40 Å². The zero-order chi connectivity index (χ0) is 23.0. The van der Waals surface area contributed by atoms with Crippen molar-refractivity contribution in [2.75, 3.05) is 5.32 Å². The summed E-state index contributed by atoms with van der Waals surface area (Å²) in [5.74, 6) is 5.18. The summed E-state index contributed by atoms with van der Waals surface area (Å²) >= 11 is 8.99. The average molecular weight is 499 g/mol. The number of nitrogens with one attached hydrogen (secondary N) is 1. The molecular weight excluding hydrogens is 484 g/mol. The van der Waals surface area contributed by atoms with E-state index < -0.39 is 17.5 Å². The average Bonchev–Trinajstić information content (AvgIpc) is 3.24. The summed E-state index contributed by atoms with van der Waals surface area (Å²) < 4.78 is 12.3. The Balaban J connectivity index is 1.29. The quantitative estimate of drug-likeness (QED) is 0.334. The van der Waals surface area contributed by atoms with Crippen molar-refractivity contribution in [3.05, 3.63) is 68.7 Å². The largest absolute Gasteiger partial charge is 0.481 e. The summed E-state index contributed by atoms with van der Waals surface area (Å²) in [4.78, 5) is 25.4. The molecule has 0 spiro atoms. The van der Waals surface area contributed by atoms with Gasteiger partial charge in [-0.2, -0.15) is 0 Å². The molecule has 0 atom stereocenters. The van der Waals surface area contributed by atoms with E-state index in [4.69, 9.17) is 20.9 Å². The number of thiophene rings is 2. The van der Waals surface area contributed by atoms with Gasteiger partial charge in [-0.05, 0) is 42.4 Å². The van der Waals surface area contributed by atoms with Crippen molar-refractivity contribution in [2.24, 2.45) is 0 Å². The highest BCUT2D eigenvalue weighted by Gasteiger charge is 2.53. The van der Waals surface area contributed by atoms with Crippen molar-refractivity contribution in [3.63, 3.8) is 0 Å². The second-order valence-corrected chi connectivity index (χ2v) is 9.98. The van der Waals surface area contributed by atoms with Gasteiger partial charge in [0.15, 0.2) is 5.15 Å². The molecule has 0 bridgehead atoms. The van der Waals surface area contributed by atoms with Gasteiger partial charge in [-0.25, -0.2) is 4.79 Å². The predicted octanol–water partition coefficient (Wildman–Crippen LogP) is 5.87. The lowest BCUT2D eigenvalue weighted by Crippen LogP contribution is -2.17. The second-order valence-electron chi connectivity index (χ2n) is 7.45. The highest BCUT2D eigenvalue weighted by atomic mass is 35.5. The summed E-state index contributed by atoms with van der Waals surface area (Å²) in [6, 6.07) is 13.1. The maximum absolute atomic E-state index is 12.2. The minimum atomic E-state index is -0.763. The fourth-order valence-corrected chi connectivity index (χ4v) is 5.92. The van der Waals surface area contributed by atoms with Crippen LogP contribution in [0.5, 0.6) is 0 Å². The van der Waals surface area contributed by atoms with E-state index in [0.29, 0.717) is 12.8 Å². The normalized spacial score (nSPS) is 13.8. The Hall–Kier alpha value is -3.32. The molecule has 33 heavy (non-hydrogen) atoms. The Kier molecular flexibility index (Phi) is 5.58. The van der Waals surface area contributed by atoms with E-state index in [2.05, 4.69) is 22.3 Å². The molecule has 0 saturated heterocycles. The standard InChI is InChI=1S/C23H15ClN2O5S2/c24-20-19(25-22(29)30-12-13-4-2-1-3-5-13)15(31-26-20)7-6-14-10-16-17(32-14)11-18(33-16)23(8-9-23)21(27)28/h1-5,10-11H,8-9,12H2,(H,25,29)(H,27,28). The number of amides is 1. The van der Waals surface area contributed by atoms with Gasteiger partial charge in [-0.15, -0.1) is 22.7 Å². The van der Waals surface area contributed by atoms with Crippen molar-refractivity contribution in [2.45, 2.75) is 24.9 Å². The van der Waals surface area contributed by atoms with Gasteiger partial charge in [0.2, 0.25) is 5.76 Å². The third-order valence-electron chi connectivity index (χ3n) is 5.23. The number of hydrogen-bond donors (Lipinski definition) is 2. The lowest BCUT2D eigenvalue weighted by molar-refractivity contribution is -0.139. The molecule has 4 aromatic rings. The van der Waals surface area contributed by atoms with Crippen LogP contribution in [0.2, 0.25) is 5.15 Å². The fraction of sp³-hybridized carbons (Fsp3) is 0.174. The lowest BCUT2D eigenvalue weighted by Gasteiger charge is -2.05. The Morgan fingerprint density at radius 1 is 1.18 bits per heavy atom. The molecule has 1 amide bonds. The summed E-state index contributed by atoms with van der Waals surface area (Å²) in [6.45, 7) is 0.105. The van der Waals surface area contributed by atoms with Gasteiger partial charge in [0.1, 0.15) is 17.7 Å². The van der Waals surface area contributed by atoms with Crippen LogP contribution < -0.4 is 5.32 Å². The molecule has 1 aliphatic rings. The van der Waals surface area contributed by atoms with Gasteiger partial charge in [0.25, 0.3) is 0 Å².